The third-order valence-electron chi connectivity index (χ3n) is 6.38. The van der Waals surface area contributed by atoms with E-state index in [4.69, 9.17) is 18.4 Å². The van der Waals surface area contributed by atoms with E-state index in [-0.39, 0.29) is 18.2 Å². The predicted octanol–water partition coefficient (Wildman–Crippen LogP) is 2.86. The molecular weight excluding hydrogens is 634 g/mol. The quantitative estimate of drug-likeness (QED) is 0.0589. The van der Waals surface area contributed by atoms with Crippen LogP contribution >= 0.6 is 11.8 Å². The number of rotatable bonds is 14. The molecule has 2 unspecified atom stereocenters. The highest BCUT2D eigenvalue weighted by molar-refractivity contribution is 8.13. The van der Waals surface area contributed by atoms with E-state index in [9.17, 15) is 37.7 Å². The van der Waals surface area contributed by atoms with Crippen LogP contribution in [0, 0.1) is 16.0 Å². The molecule has 0 bridgehead atoms. The van der Waals surface area contributed by atoms with Gasteiger partial charge in [-0.1, -0.05) is 18.2 Å². The summed E-state index contributed by atoms with van der Waals surface area (Å²) in [5.74, 6) is -2.67. The minimum Gasteiger partial charge on any atom is -0.484 e. The zero-order valence-electron chi connectivity index (χ0n) is 24.1. The van der Waals surface area contributed by atoms with E-state index in [0.717, 1.165) is 30.9 Å². The summed E-state index contributed by atoms with van der Waals surface area (Å²) in [5, 5.41) is 11.4. The lowest BCUT2D eigenvalue weighted by Gasteiger charge is -2.46. The van der Waals surface area contributed by atoms with E-state index in [2.05, 4.69) is 5.32 Å². The van der Waals surface area contributed by atoms with Crippen LogP contribution in [0.1, 0.15) is 25.3 Å². The second-order valence-corrected chi connectivity index (χ2v) is 12.7. The second kappa shape index (κ2) is 14.4. The Labute approximate surface area is 262 Å². The number of non-ortho nitro benzene ring substituents is 1. The number of carbonyl (C=O) groups excluding carboxylic acids is 4. The number of nitrogens with one attached hydrogen (secondary N) is 1. The topological polar surface area (TPSA) is 198 Å². The van der Waals surface area contributed by atoms with Gasteiger partial charge in [0.05, 0.1) is 17.8 Å². The van der Waals surface area contributed by atoms with E-state index in [1.54, 1.807) is 30.3 Å². The molecule has 45 heavy (non-hydrogen) atoms. The largest absolute Gasteiger partial charge is 0.484 e. The monoisotopic (exact) mass is 663 g/mol. The molecule has 1 aliphatic heterocycles. The number of likely N-dealkylation sites (tertiary alicyclic amines) is 1. The highest BCUT2D eigenvalue weighted by Gasteiger charge is 2.54. The minimum absolute atomic E-state index is 0.157. The maximum Gasteiger partial charge on any atom is 0.369 e. The summed E-state index contributed by atoms with van der Waals surface area (Å²) in [6, 6.07) is 12.2. The third-order valence-corrected chi connectivity index (χ3v) is 7.97. The first-order chi connectivity index (χ1) is 21.3. The number of nitrogens with zero attached hydrogens (tertiary/aromatic N) is 2. The summed E-state index contributed by atoms with van der Waals surface area (Å²) >= 11 is 0.510. The molecule has 1 saturated heterocycles. The molecule has 0 spiro atoms. The number of nitro benzene ring substituents is 1. The van der Waals surface area contributed by atoms with Gasteiger partial charge in [0.25, 0.3) is 17.5 Å². The summed E-state index contributed by atoms with van der Waals surface area (Å²) in [6.07, 6.45) is 2.54. The van der Waals surface area contributed by atoms with Crippen molar-refractivity contribution >= 4 is 50.7 Å². The molecule has 2 aromatic rings. The SMILES string of the molecule is CC(OS(C)(=O)=O)=C(C(=O)OCc1ccc([N+](=O)[O-])cc1)N1C(=O)C(NC(=O)COc2ccccc2)C1SC(=O)OCC1CC1. The number of amides is 2. The highest BCUT2D eigenvalue weighted by Crippen LogP contribution is 2.37. The molecule has 0 radical (unpaired) electrons. The first-order valence-electron chi connectivity index (χ1n) is 13.5. The Balaban J connectivity index is 1.55. The molecule has 4 rings (SSSR count). The number of hydrogen-bond acceptors (Lipinski definition) is 13. The van der Waals surface area contributed by atoms with Crippen LogP contribution in [0.3, 0.4) is 0 Å². The lowest BCUT2D eigenvalue weighted by Crippen LogP contribution is -2.70. The normalized spacial score (nSPS) is 18.2. The number of allylic oxidation sites excluding steroid dienone is 1. The van der Waals surface area contributed by atoms with Gasteiger partial charge in [-0.05, 0) is 67.3 Å². The Morgan fingerprint density at radius 3 is 2.33 bits per heavy atom. The molecule has 17 heteroatoms. The molecule has 15 nitrogen and oxygen atoms in total. The Morgan fingerprint density at radius 1 is 1.07 bits per heavy atom. The van der Waals surface area contributed by atoms with Crippen molar-refractivity contribution in [1.82, 2.24) is 10.2 Å². The van der Waals surface area contributed by atoms with Crippen LogP contribution in [0.2, 0.25) is 0 Å². The van der Waals surface area contributed by atoms with Gasteiger partial charge in [-0.25, -0.2) is 9.59 Å². The molecule has 240 valence electrons. The number of carbonyl (C=O) groups is 4. The molecule has 1 aliphatic carbocycles. The molecule has 1 saturated carbocycles. The Hall–Kier alpha value is -4.64. The Bertz CT molecular complexity index is 1590. The summed E-state index contributed by atoms with van der Waals surface area (Å²) in [7, 11) is -4.19. The maximum absolute atomic E-state index is 13.4. The van der Waals surface area contributed by atoms with Crippen molar-refractivity contribution in [3.63, 3.8) is 0 Å². The van der Waals surface area contributed by atoms with Crippen LogP contribution in [-0.4, -0.2) is 72.2 Å². The molecule has 2 aliphatic rings. The van der Waals surface area contributed by atoms with Crippen molar-refractivity contribution in [1.29, 1.82) is 0 Å². The molecule has 2 amide bonds. The molecular formula is C28H29N3O12S2. The van der Waals surface area contributed by atoms with Gasteiger partial charge >= 0.3 is 21.4 Å². The Kier molecular flexibility index (Phi) is 10.7. The van der Waals surface area contributed by atoms with Crippen molar-refractivity contribution in [2.24, 2.45) is 5.92 Å². The molecule has 2 fully saturated rings. The summed E-state index contributed by atoms with van der Waals surface area (Å²) in [4.78, 5) is 63.3. The van der Waals surface area contributed by atoms with Gasteiger partial charge in [-0.3, -0.25) is 24.6 Å². The first kappa shape index (κ1) is 33.3. The van der Waals surface area contributed by atoms with Gasteiger partial charge in [0, 0.05) is 12.1 Å². The lowest BCUT2D eigenvalue weighted by atomic mass is 10.1. The van der Waals surface area contributed by atoms with E-state index in [1.807, 2.05) is 0 Å². The number of ether oxygens (including phenoxy) is 3. The molecule has 2 atom stereocenters. The number of β-lactam (4-membered cyclic amide) rings is 1. The zero-order valence-corrected chi connectivity index (χ0v) is 25.7. The average molecular weight is 664 g/mol. The van der Waals surface area contributed by atoms with Gasteiger partial charge in [-0.2, -0.15) is 8.42 Å². The van der Waals surface area contributed by atoms with Crippen LogP contribution in [0.25, 0.3) is 0 Å². The number of benzene rings is 2. The summed E-state index contributed by atoms with van der Waals surface area (Å²) in [5.41, 5.74) is -0.473. The standard InChI is InChI=1S/C28H29N3O12S2/c1-17(43-45(2,38)39)24(27(34)41-14-19-10-12-20(13-11-19)31(36)37)30-25(33)23(26(30)44-28(35)42-15-18-8-9-18)29-22(32)16-40-21-6-4-3-5-7-21/h3-7,10-13,18,23,26H,8-9,14-16H2,1-2H3,(H,29,32). The number of para-hydroxylation sites is 1. The van der Waals surface area contributed by atoms with Crippen LogP contribution in [0.5, 0.6) is 5.75 Å². The van der Waals surface area contributed by atoms with Gasteiger partial charge in [0.15, 0.2) is 12.3 Å². The Morgan fingerprint density at radius 2 is 1.73 bits per heavy atom. The number of hydrogen-bond donors (Lipinski definition) is 1. The van der Waals surface area contributed by atoms with E-state index in [0.29, 0.717) is 23.1 Å². The lowest BCUT2D eigenvalue weighted by molar-refractivity contribution is -0.384. The second-order valence-electron chi connectivity index (χ2n) is 10.1. The first-order valence-corrected chi connectivity index (χ1v) is 16.2. The third kappa shape index (κ3) is 9.42. The van der Waals surface area contributed by atoms with Crippen LogP contribution < -0.4 is 10.1 Å². The molecule has 1 heterocycles. The average Bonchev–Trinajstić information content (AvgIpc) is 3.83. The fourth-order valence-electron chi connectivity index (χ4n) is 4.05. The van der Waals surface area contributed by atoms with Crippen LogP contribution in [-0.2, 0) is 44.8 Å². The van der Waals surface area contributed by atoms with E-state index >= 15 is 0 Å². The van der Waals surface area contributed by atoms with Crippen molar-refractivity contribution < 1.29 is 50.9 Å². The van der Waals surface area contributed by atoms with Crippen LogP contribution in [0.15, 0.2) is 66.1 Å². The van der Waals surface area contributed by atoms with Gasteiger partial charge in [0.2, 0.25) is 0 Å². The highest BCUT2D eigenvalue weighted by atomic mass is 32.2. The summed E-state index contributed by atoms with van der Waals surface area (Å²) < 4.78 is 44.8. The maximum atomic E-state index is 13.4. The molecule has 1 N–H and O–H groups in total. The van der Waals surface area contributed by atoms with Crippen molar-refractivity contribution in [2.45, 2.75) is 37.8 Å². The smallest absolute Gasteiger partial charge is 0.369 e. The number of esters is 1. The predicted molar refractivity (Wildman–Crippen MR) is 158 cm³/mol. The summed E-state index contributed by atoms with van der Waals surface area (Å²) in [6.45, 7) is 0.397. The van der Waals surface area contributed by atoms with Crippen molar-refractivity contribution in [3.05, 3.63) is 81.7 Å². The van der Waals surface area contributed by atoms with E-state index < -0.39 is 74.2 Å². The van der Waals surface area contributed by atoms with Gasteiger partial charge in [-0.15, -0.1) is 0 Å². The van der Waals surface area contributed by atoms with Crippen molar-refractivity contribution in [3.8, 4) is 5.75 Å². The minimum atomic E-state index is -4.19. The molecule has 2 aromatic carbocycles. The number of thioether (sulfide) groups is 1. The zero-order chi connectivity index (χ0) is 32.7. The van der Waals surface area contributed by atoms with Gasteiger partial charge in [0.1, 0.15) is 29.5 Å². The number of nitro groups is 1. The fourth-order valence-corrected chi connectivity index (χ4v) is 5.55. The van der Waals surface area contributed by atoms with Crippen molar-refractivity contribution in [2.75, 3.05) is 19.5 Å². The van der Waals surface area contributed by atoms with E-state index in [1.165, 1.54) is 24.3 Å². The van der Waals surface area contributed by atoms with Crippen LogP contribution in [0.4, 0.5) is 10.5 Å². The fraction of sp³-hybridized carbons (Fsp3) is 0.357. The van der Waals surface area contributed by atoms with Gasteiger partial charge < -0.3 is 23.7 Å². The molecule has 0 aromatic heterocycles.